The van der Waals surface area contributed by atoms with Crippen molar-refractivity contribution in [1.82, 2.24) is 9.80 Å². The number of nitrogens with zero attached hydrogens (tertiary/aromatic N) is 2. The Kier molecular flexibility index (Phi) is 5.69. The van der Waals surface area contributed by atoms with Crippen LogP contribution in [0.5, 0.6) is 11.5 Å². The molecule has 7 heteroatoms. The molecule has 2 aromatic carbocycles. The van der Waals surface area contributed by atoms with Crippen molar-refractivity contribution in [1.29, 1.82) is 0 Å². The fourth-order valence-electron chi connectivity index (χ4n) is 3.90. The van der Waals surface area contributed by atoms with E-state index >= 15 is 0 Å². The monoisotopic (exact) mass is 422 g/mol. The van der Waals surface area contributed by atoms with E-state index in [1.165, 1.54) is 0 Å². The molecule has 2 aromatic rings. The molecule has 2 aliphatic rings. The van der Waals surface area contributed by atoms with E-state index in [2.05, 4.69) is 6.92 Å². The van der Waals surface area contributed by atoms with Gasteiger partial charge < -0.3 is 24.4 Å². The highest BCUT2D eigenvalue weighted by atomic mass is 16.7. The molecule has 0 bridgehead atoms. The average Bonchev–Trinajstić information content (AvgIpc) is 3.34. The number of aryl methyl sites for hydroxylation is 1. The summed E-state index contributed by atoms with van der Waals surface area (Å²) in [6.45, 7) is 3.15. The highest BCUT2D eigenvalue weighted by Gasteiger charge is 2.46. The molecule has 1 unspecified atom stereocenters. The number of Topliss-reactive ketones (excluding diaryl/α,β-unsaturated/α-hetero) is 1. The molecule has 1 atom stereocenters. The highest BCUT2D eigenvalue weighted by molar-refractivity contribution is 6.46. The van der Waals surface area contributed by atoms with Gasteiger partial charge in [0, 0.05) is 18.7 Å². The third kappa shape index (κ3) is 3.88. The number of likely N-dealkylation sites (tertiary alicyclic amines) is 1. The summed E-state index contributed by atoms with van der Waals surface area (Å²) in [7, 11) is 3.82. The number of benzene rings is 2. The molecule has 0 aromatic heterocycles. The molecular formula is C24H26N2O5. The first-order valence-electron chi connectivity index (χ1n) is 10.3. The lowest BCUT2D eigenvalue weighted by atomic mass is 9.94. The van der Waals surface area contributed by atoms with Crippen molar-refractivity contribution in [2.24, 2.45) is 0 Å². The summed E-state index contributed by atoms with van der Waals surface area (Å²) in [4.78, 5) is 29.5. The predicted octanol–water partition coefficient (Wildman–Crippen LogP) is 2.96. The topological polar surface area (TPSA) is 79.3 Å². The van der Waals surface area contributed by atoms with E-state index in [0.29, 0.717) is 30.2 Å². The second-order valence-electron chi connectivity index (χ2n) is 7.96. The van der Waals surface area contributed by atoms with Gasteiger partial charge in [0.05, 0.1) is 11.6 Å². The lowest BCUT2D eigenvalue weighted by Gasteiger charge is -2.26. The Hall–Kier alpha value is -3.32. The molecule has 2 aliphatic heterocycles. The summed E-state index contributed by atoms with van der Waals surface area (Å²) < 4.78 is 10.7. The van der Waals surface area contributed by atoms with Gasteiger partial charge in [-0.1, -0.05) is 31.2 Å². The molecule has 0 saturated carbocycles. The van der Waals surface area contributed by atoms with Crippen molar-refractivity contribution >= 4 is 17.4 Å². The number of aliphatic hydroxyl groups is 1. The zero-order valence-electron chi connectivity index (χ0n) is 17.9. The Bertz CT molecular complexity index is 1040. The highest BCUT2D eigenvalue weighted by Crippen LogP contribution is 2.41. The van der Waals surface area contributed by atoms with Gasteiger partial charge in [-0.25, -0.2) is 0 Å². The summed E-state index contributed by atoms with van der Waals surface area (Å²) in [6, 6.07) is 12.1. The Morgan fingerprint density at radius 2 is 1.81 bits per heavy atom. The number of likely N-dealkylation sites (N-methyl/N-ethyl adjacent to an activating group) is 1. The normalized spacial score (nSPS) is 19.5. The van der Waals surface area contributed by atoms with E-state index < -0.39 is 17.7 Å². The summed E-state index contributed by atoms with van der Waals surface area (Å²) in [5.41, 5.74) is 2.44. The molecule has 4 rings (SSSR count). The first-order valence-corrected chi connectivity index (χ1v) is 10.3. The van der Waals surface area contributed by atoms with Crippen molar-refractivity contribution in [2.45, 2.75) is 19.4 Å². The average molecular weight is 422 g/mol. The van der Waals surface area contributed by atoms with E-state index in [-0.39, 0.29) is 18.1 Å². The second-order valence-corrected chi connectivity index (χ2v) is 7.96. The Balaban J connectivity index is 1.81. The maximum atomic E-state index is 13.0. The molecule has 1 amide bonds. The van der Waals surface area contributed by atoms with Crippen LogP contribution >= 0.6 is 0 Å². The number of hydrogen-bond donors (Lipinski definition) is 1. The van der Waals surface area contributed by atoms with Gasteiger partial charge in [0.2, 0.25) is 6.79 Å². The number of aliphatic hydroxyl groups excluding tert-OH is 1. The van der Waals surface area contributed by atoms with Crippen LogP contribution in [0, 0.1) is 0 Å². The minimum absolute atomic E-state index is 0.0897. The first kappa shape index (κ1) is 20.9. The molecule has 31 heavy (non-hydrogen) atoms. The molecule has 2 heterocycles. The fourth-order valence-corrected chi connectivity index (χ4v) is 3.90. The van der Waals surface area contributed by atoms with Gasteiger partial charge in [-0.3, -0.25) is 9.59 Å². The lowest BCUT2D eigenvalue weighted by Crippen LogP contribution is -2.35. The minimum atomic E-state index is -0.682. The molecule has 1 fully saturated rings. The first-order chi connectivity index (χ1) is 14.9. The van der Waals surface area contributed by atoms with Crippen LogP contribution in [-0.4, -0.2) is 60.6 Å². The second kappa shape index (κ2) is 8.43. The van der Waals surface area contributed by atoms with E-state index in [4.69, 9.17) is 9.47 Å². The molecule has 162 valence electrons. The summed E-state index contributed by atoms with van der Waals surface area (Å²) in [5, 5.41) is 11.1. The zero-order valence-corrected chi connectivity index (χ0v) is 17.9. The van der Waals surface area contributed by atoms with Crippen LogP contribution in [0.2, 0.25) is 0 Å². The van der Waals surface area contributed by atoms with E-state index in [1.54, 1.807) is 23.1 Å². The number of carbonyl (C=O) groups is 2. The maximum absolute atomic E-state index is 13.0. The fraction of sp³-hybridized carbons (Fsp3) is 0.333. The van der Waals surface area contributed by atoms with Crippen molar-refractivity contribution in [2.75, 3.05) is 34.0 Å². The number of ether oxygens (including phenoxy) is 2. The minimum Gasteiger partial charge on any atom is -0.507 e. The van der Waals surface area contributed by atoms with Crippen LogP contribution in [-0.2, 0) is 16.0 Å². The van der Waals surface area contributed by atoms with Crippen molar-refractivity contribution in [3.63, 3.8) is 0 Å². The quantitative estimate of drug-likeness (QED) is 0.438. The Morgan fingerprint density at radius 1 is 1.10 bits per heavy atom. The molecule has 0 spiro atoms. The number of fused-ring (bicyclic) bond motifs is 1. The van der Waals surface area contributed by atoms with Gasteiger partial charge in [-0.15, -0.1) is 0 Å². The zero-order chi connectivity index (χ0) is 22.1. The SMILES string of the molecule is CCc1ccc(C2/C(=C(/O)c3ccc4c(c3)OCO4)C(=O)C(=O)N2CCN(C)C)cc1. The summed E-state index contributed by atoms with van der Waals surface area (Å²) >= 11 is 0. The summed E-state index contributed by atoms with van der Waals surface area (Å²) in [6.07, 6.45) is 0.887. The van der Waals surface area contributed by atoms with Gasteiger partial charge in [-0.05, 0) is 49.8 Å². The third-order valence-electron chi connectivity index (χ3n) is 5.68. The summed E-state index contributed by atoms with van der Waals surface area (Å²) in [5.74, 6) is -0.426. The van der Waals surface area contributed by atoms with Gasteiger partial charge >= 0.3 is 0 Å². The molecular weight excluding hydrogens is 396 g/mol. The van der Waals surface area contributed by atoms with Gasteiger partial charge in [0.1, 0.15) is 5.76 Å². The van der Waals surface area contributed by atoms with Crippen molar-refractivity contribution in [3.05, 3.63) is 64.7 Å². The van der Waals surface area contributed by atoms with Crippen molar-refractivity contribution < 1.29 is 24.2 Å². The number of rotatable bonds is 6. The largest absolute Gasteiger partial charge is 0.507 e. The molecule has 7 nitrogen and oxygen atoms in total. The molecule has 0 aliphatic carbocycles. The maximum Gasteiger partial charge on any atom is 0.295 e. The Morgan fingerprint density at radius 3 is 2.48 bits per heavy atom. The number of amides is 1. The Labute approximate surface area is 181 Å². The van der Waals surface area contributed by atoms with Gasteiger partial charge in [-0.2, -0.15) is 0 Å². The van der Waals surface area contributed by atoms with Crippen LogP contribution in [0.4, 0.5) is 0 Å². The van der Waals surface area contributed by atoms with Crippen LogP contribution in [0.1, 0.15) is 29.7 Å². The lowest BCUT2D eigenvalue weighted by molar-refractivity contribution is -0.140. The van der Waals surface area contributed by atoms with E-state index in [0.717, 1.165) is 17.5 Å². The number of hydrogen-bond acceptors (Lipinski definition) is 6. The van der Waals surface area contributed by atoms with Gasteiger partial charge in [0.25, 0.3) is 11.7 Å². The molecule has 1 saturated heterocycles. The smallest absolute Gasteiger partial charge is 0.295 e. The van der Waals surface area contributed by atoms with Crippen LogP contribution < -0.4 is 9.47 Å². The number of ketones is 1. The molecule has 0 radical (unpaired) electrons. The third-order valence-corrected chi connectivity index (χ3v) is 5.68. The molecule has 1 N–H and O–H groups in total. The number of carbonyl (C=O) groups excluding carboxylic acids is 2. The standard InChI is InChI=1S/C24H26N2O5/c1-4-15-5-7-16(8-6-15)21-20(23(28)24(29)26(21)12-11-25(2)3)22(27)17-9-10-18-19(13-17)31-14-30-18/h5-10,13,21,27H,4,11-12,14H2,1-3H3/b22-20-. The van der Waals surface area contributed by atoms with E-state index in [1.807, 2.05) is 43.3 Å². The van der Waals surface area contributed by atoms with Crippen LogP contribution in [0.3, 0.4) is 0 Å². The van der Waals surface area contributed by atoms with Crippen LogP contribution in [0.15, 0.2) is 48.0 Å². The van der Waals surface area contributed by atoms with Gasteiger partial charge in [0.15, 0.2) is 11.5 Å². The van der Waals surface area contributed by atoms with E-state index in [9.17, 15) is 14.7 Å². The predicted molar refractivity (Wildman–Crippen MR) is 116 cm³/mol. The van der Waals surface area contributed by atoms with Crippen LogP contribution in [0.25, 0.3) is 5.76 Å². The van der Waals surface area contributed by atoms with Crippen molar-refractivity contribution in [3.8, 4) is 11.5 Å².